The molecule has 1 aliphatic heterocycles. The second-order valence-electron chi connectivity index (χ2n) is 4.58. The zero-order valence-corrected chi connectivity index (χ0v) is 10.6. The molecule has 0 spiro atoms. The molecule has 0 amide bonds. The average Bonchev–Trinajstić information content (AvgIpc) is 2.80. The molecule has 1 aliphatic rings. The Hall–Kier alpha value is -2.75. The lowest BCUT2D eigenvalue weighted by Crippen LogP contribution is -2.36. The van der Waals surface area contributed by atoms with Gasteiger partial charge in [-0.15, -0.1) is 0 Å². The number of carboxylic acid groups (broad SMARTS) is 1. The highest BCUT2D eigenvalue weighted by Crippen LogP contribution is 2.36. The molecular formula is C11H11N3O7. The maximum Gasteiger partial charge on any atom is 0.326 e. The molecule has 0 aliphatic carbocycles. The van der Waals surface area contributed by atoms with E-state index in [1.54, 1.807) is 0 Å². The Morgan fingerprint density at radius 1 is 1.29 bits per heavy atom. The van der Waals surface area contributed by atoms with E-state index < -0.39 is 39.3 Å². The Kier molecular flexibility index (Phi) is 3.72. The number of nitrogens with zero attached hydrogens (tertiary/aromatic N) is 3. The minimum Gasteiger partial charge on any atom is -0.480 e. The minimum absolute atomic E-state index is 0.0606. The summed E-state index contributed by atoms with van der Waals surface area (Å²) in [7, 11) is 0. The highest BCUT2D eigenvalue weighted by molar-refractivity contribution is 5.81. The van der Waals surface area contributed by atoms with E-state index in [0.717, 1.165) is 18.2 Å². The number of hydrogen-bond acceptors (Lipinski definition) is 7. The van der Waals surface area contributed by atoms with Gasteiger partial charge >= 0.3 is 5.97 Å². The van der Waals surface area contributed by atoms with Crippen LogP contribution in [0.25, 0.3) is 0 Å². The van der Waals surface area contributed by atoms with E-state index in [-0.39, 0.29) is 18.7 Å². The summed E-state index contributed by atoms with van der Waals surface area (Å²) in [5.41, 5.74) is -1.09. The van der Waals surface area contributed by atoms with Gasteiger partial charge in [0.2, 0.25) is 0 Å². The topological polar surface area (TPSA) is 147 Å². The highest BCUT2D eigenvalue weighted by Gasteiger charge is 2.39. The van der Waals surface area contributed by atoms with Gasteiger partial charge in [0.05, 0.1) is 22.0 Å². The van der Waals surface area contributed by atoms with Crippen molar-refractivity contribution in [1.29, 1.82) is 0 Å². The fraction of sp³-hybridized carbons (Fsp3) is 0.364. The van der Waals surface area contributed by atoms with Crippen molar-refractivity contribution in [1.82, 2.24) is 0 Å². The van der Waals surface area contributed by atoms with Crippen molar-refractivity contribution in [3.05, 3.63) is 38.4 Å². The molecule has 2 rings (SSSR count). The van der Waals surface area contributed by atoms with Crippen LogP contribution in [0, 0.1) is 20.2 Å². The van der Waals surface area contributed by atoms with E-state index in [9.17, 15) is 30.1 Å². The van der Waals surface area contributed by atoms with Gasteiger partial charge in [-0.2, -0.15) is 0 Å². The molecule has 0 radical (unpaired) electrons. The first-order chi connectivity index (χ1) is 9.81. The van der Waals surface area contributed by atoms with Crippen LogP contribution in [-0.4, -0.2) is 44.7 Å². The molecular weight excluding hydrogens is 286 g/mol. The Bertz CT molecular complexity index is 618. The van der Waals surface area contributed by atoms with E-state index in [2.05, 4.69) is 0 Å². The highest BCUT2D eigenvalue weighted by atomic mass is 16.6. The smallest absolute Gasteiger partial charge is 0.326 e. The molecule has 1 heterocycles. The summed E-state index contributed by atoms with van der Waals surface area (Å²) >= 11 is 0. The minimum atomic E-state index is -1.22. The number of nitro benzene ring substituents is 2. The van der Waals surface area contributed by atoms with Crippen LogP contribution < -0.4 is 4.90 Å². The fourth-order valence-electron chi connectivity index (χ4n) is 2.33. The molecule has 0 saturated carbocycles. The van der Waals surface area contributed by atoms with Crippen molar-refractivity contribution in [3.63, 3.8) is 0 Å². The predicted molar refractivity (Wildman–Crippen MR) is 69.1 cm³/mol. The largest absolute Gasteiger partial charge is 0.480 e. The molecule has 0 unspecified atom stereocenters. The maximum absolute atomic E-state index is 11.2. The Balaban J connectivity index is 2.50. The molecule has 112 valence electrons. The fourth-order valence-corrected chi connectivity index (χ4v) is 2.33. The number of non-ortho nitro benzene ring substituents is 1. The summed E-state index contributed by atoms with van der Waals surface area (Å²) in [5.74, 6) is -1.22. The molecule has 10 heteroatoms. The third-order valence-corrected chi connectivity index (χ3v) is 3.24. The van der Waals surface area contributed by atoms with Crippen LogP contribution >= 0.6 is 0 Å². The van der Waals surface area contributed by atoms with Gasteiger partial charge in [0.25, 0.3) is 11.4 Å². The maximum atomic E-state index is 11.2. The number of β-amino-alcohol motifs (C(OH)–C–C–N with tert-alkyl or cyclic N) is 1. The molecule has 1 aromatic rings. The normalized spacial score (nSPS) is 21.3. The van der Waals surface area contributed by atoms with Gasteiger partial charge in [-0.1, -0.05) is 0 Å². The SMILES string of the molecule is O=C(O)[C@@H]1C[C@@H](O)CN1c1ccc([N+](=O)[O-])cc1[N+](=O)[O-]. The van der Waals surface area contributed by atoms with Crippen LogP contribution in [0.1, 0.15) is 6.42 Å². The summed E-state index contributed by atoms with van der Waals surface area (Å²) in [5, 5.41) is 40.4. The number of anilines is 1. The third-order valence-electron chi connectivity index (χ3n) is 3.24. The van der Waals surface area contributed by atoms with E-state index in [0.29, 0.717) is 0 Å². The molecule has 21 heavy (non-hydrogen) atoms. The number of hydrogen-bond donors (Lipinski definition) is 2. The van der Waals surface area contributed by atoms with Gasteiger partial charge in [-0.05, 0) is 6.07 Å². The number of aliphatic hydroxyl groups excluding tert-OH is 1. The van der Waals surface area contributed by atoms with Gasteiger partial charge in [0.1, 0.15) is 11.7 Å². The first kappa shape index (κ1) is 14.7. The van der Waals surface area contributed by atoms with E-state index in [4.69, 9.17) is 5.11 Å². The van der Waals surface area contributed by atoms with Crippen LogP contribution in [0.15, 0.2) is 18.2 Å². The number of aliphatic carboxylic acids is 1. The number of benzene rings is 1. The van der Waals surface area contributed by atoms with Crippen LogP contribution in [-0.2, 0) is 4.79 Å². The first-order valence-electron chi connectivity index (χ1n) is 5.91. The number of aliphatic hydroxyl groups is 1. The lowest BCUT2D eigenvalue weighted by Gasteiger charge is -2.22. The van der Waals surface area contributed by atoms with Crippen LogP contribution in [0.3, 0.4) is 0 Å². The summed E-state index contributed by atoms with van der Waals surface area (Å²) in [4.78, 5) is 32.5. The van der Waals surface area contributed by atoms with Crippen LogP contribution in [0.4, 0.5) is 17.1 Å². The monoisotopic (exact) mass is 297 g/mol. The van der Waals surface area contributed by atoms with Crippen molar-refractivity contribution in [2.45, 2.75) is 18.6 Å². The van der Waals surface area contributed by atoms with E-state index in [1.807, 2.05) is 0 Å². The number of carbonyl (C=O) groups is 1. The van der Waals surface area contributed by atoms with E-state index >= 15 is 0 Å². The molecule has 2 atom stereocenters. The summed E-state index contributed by atoms with van der Waals surface area (Å²) < 4.78 is 0. The molecule has 0 bridgehead atoms. The molecule has 10 nitrogen and oxygen atoms in total. The van der Waals surface area contributed by atoms with Gasteiger partial charge in [-0.25, -0.2) is 4.79 Å². The van der Waals surface area contributed by atoms with Gasteiger partial charge < -0.3 is 15.1 Å². The Morgan fingerprint density at radius 3 is 2.48 bits per heavy atom. The Morgan fingerprint density at radius 2 is 1.95 bits per heavy atom. The third kappa shape index (κ3) is 2.74. The van der Waals surface area contributed by atoms with Crippen LogP contribution in [0.5, 0.6) is 0 Å². The van der Waals surface area contributed by atoms with E-state index in [1.165, 1.54) is 4.90 Å². The summed E-state index contributed by atoms with van der Waals surface area (Å²) in [6.45, 7) is -0.0877. The van der Waals surface area contributed by atoms with Crippen LogP contribution in [0.2, 0.25) is 0 Å². The lowest BCUT2D eigenvalue weighted by molar-refractivity contribution is -0.393. The number of rotatable bonds is 4. The summed E-state index contributed by atoms with van der Waals surface area (Å²) in [6.07, 6.45) is -0.996. The van der Waals surface area contributed by atoms with Crippen molar-refractivity contribution in [3.8, 4) is 0 Å². The van der Waals surface area contributed by atoms with Crippen molar-refractivity contribution < 1.29 is 24.9 Å². The molecule has 0 aromatic heterocycles. The van der Waals surface area contributed by atoms with Gasteiger partial charge in [0.15, 0.2) is 0 Å². The Labute approximate surface area is 117 Å². The predicted octanol–water partition coefficient (Wildman–Crippen LogP) is 0.527. The quantitative estimate of drug-likeness (QED) is 0.604. The van der Waals surface area contributed by atoms with Gasteiger partial charge in [0, 0.05) is 19.0 Å². The number of nitro groups is 2. The zero-order valence-electron chi connectivity index (χ0n) is 10.6. The molecule has 2 N–H and O–H groups in total. The number of carboxylic acids is 1. The first-order valence-corrected chi connectivity index (χ1v) is 5.91. The standard InChI is InChI=1S/C11H11N3O7/c15-7-4-10(11(16)17)12(5-7)8-2-1-6(13(18)19)3-9(8)14(20)21/h1-3,7,10,15H,4-5H2,(H,16,17)/t7-,10+/m1/s1. The second-order valence-corrected chi connectivity index (χ2v) is 4.58. The lowest BCUT2D eigenvalue weighted by atomic mass is 10.1. The zero-order chi connectivity index (χ0) is 15.7. The van der Waals surface area contributed by atoms with Gasteiger partial charge in [-0.3, -0.25) is 20.2 Å². The molecule has 1 fully saturated rings. The second kappa shape index (κ2) is 5.32. The molecule has 1 saturated heterocycles. The van der Waals surface area contributed by atoms with Crippen molar-refractivity contribution in [2.75, 3.05) is 11.4 Å². The van der Waals surface area contributed by atoms with Crippen molar-refractivity contribution >= 4 is 23.0 Å². The van der Waals surface area contributed by atoms with Crippen molar-refractivity contribution in [2.24, 2.45) is 0 Å². The summed E-state index contributed by atoms with van der Waals surface area (Å²) in [6, 6.07) is 1.86. The average molecular weight is 297 g/mol. The molecule has 1 aromatic carbocycles.